The zero-order chi connectivity index (χ0) is 11.4. The lowest BCUT2D eigenvalue weighted by Gasteiger charge is -2.01. The van der Waals surface area contributed by atoms with Crippen LogP contribution in [-0.2, 0) is 5.75 Å². The Bertz CT molecular complexity index is 445. The van der Waals surface area contributed by atoms with Crippen molar-refractivity contribution in [1.82, 2.24) is 15.2 Å². The number of hydrogen-bond acceptors (Lipinski definition) is 4. The smallest absolute Gasteiger partial charge is 0.209 e. The van der Waals surface area contributed by atoms with Crippen molar-refractivity contribution < 1.29 is 0 Å². The first kappa shape index (κ1) is 11.5. The Morgan fingerprint density at radius 1 is 1.38 bits per heavy atom. The summed E-state index contributed by atoms with van der Waals surface area (Å²) >= 11 is 5.04. The number of rotatable bonds is 3. The van der Waals surface area contributed by atoms with Gasteiger partial charge in [0.1, 0.15) is 0 Å². The minimum absolute atomic E-state index is 0.722. The zero-order valence-electron chi connectivity index (χ0n) is 8.72. The molecule has 0 saturated carbocycles. The standard InChI is InChI=1S/C11H10BrN3S/c1-8-6-13-15-11(14-8)16-7-9-3-2-4-10(12)5-9/h2-6H,7H2,1H3. The van der Waals surface area contributed by atoms with Gasteiger partial charge in [0.2, 0.25) is 5.16 Å². The minimum atomic E-state index is 0.722. The van der Waals surface area contributed by atoms with Crippen molar-refractivity contribution in [3.05, 3.63) is 46.2 Å². The SMILES string of the molecule is Cc1cnnc(SCc2cccc(Br)c2)n1. The van der Waals surface area contributed by atoms with E-state index < -0.39 is 0 Å². The third-order valence-corrected chi connectivity index (χ3v) is 3.32. The van der Waals surface area contributed by atoms with Crippen LogP contribution >= 0.6 is 27.7 Å². The molecule has 5 heteroatoms. The van der Waals surface area contributed by atoms with E-state index in [1.807, 2.05) is 19.1 Å². The highest BCUT2D eigenvalue weighted by atomic mass is 79.9. The molecule has 0 unspecified atom stereocenters. The molecule has 16 heavy (non-hydrogen) atoms. The van der Waals surface area contributed by atoms with Crippen LogP contribution in [0.1, 0.15) is 11.3 Å². The first-order chi connectivity index (χ1) is 7.74. The molecular weight excluding hydrogens is 286 g/mol. The third-order valence-electron chi connectivity index (χ3n) is 1.92. The van der Waals surface area contributed by atoms with Crippen LogP contribution < -0.4 is 0 Å². The second-order valence-corrected chi connectivity index (χ2v) is 5.16. The summed E-state index contributed by atoms with van der Waals surface area (Å²) in [6.45, 7) is 1.91. The van der Waals surface area contributed by atoms with E-state index in [0.717, 1.165) is 21.1 Å². The highest BCUT2D eigenvalue weighted by Gasteiger charge is 2.00. The van der Waals surface area contributed by atoms with Crippen molar-refractivity contribution >= 4 is 27.7 Å². The molecular formula is C11H10BrN3S. The lowest BCUT2D eigenvalue weighted by atomic mass is 10.2. The molecule has 0 bridgehead atoms. The largest absolute Gasteiger partial charge is 0.225 e. The second-order valence-electron chi connectivity index (χ2n) is 3.30. The molecule has 0 aliphatic rings. The predicted octanol–water partition coefficient (Wildman–Crippen LogP) is 3.23. The second kappa shape index (κ2) is 5.41. The van der Waals surface area contributed by atoms with Crippen molar-refractivity contribution in [2.75, 3.05) is 0 Å². The van der Waals surface area contributed by atoms with Crippen LogP contribution in [0.5, 0.6) is 0 Å². The van der Waals surface area contributed by atoms with Crippen LogP contribution in [0.3, 0.4) is 0 Å². The van der Waals surface area contributed by atoms with Gasteiger partial charge in [-0.15, -0.1) is 5.10 Å². The van der Waals surface area contributed by atoms with E-state index in [-0.39, 0.29) is 0 Å². The Kier molecular flexibility index (Phi) is 3.90. The van der Waals surface area contributed by atoms with E-state index in [1.165, 1.54) is 5.56 Å². The monoisotopic (exact) mass is 295 g/mol. The van der Waals surface area contributed by atoms with Gasteiger partial charge in [-0.05, 0) is 24.6 Å². The number of thioether (sulfide) groups is 1. The maximum atomic E-state index is 4.29. The van der Waals surface area contributed by atoms with E-state index in [2.05, 4.69) is 43.2 Å². The number of aryl methyl sites for hydroxylation is 1. The average Bonchev–Trinajstić information content (AvgIpc) is 2.27. The maximum Gasteiger partial charge on any atom is 0.209 e. The molecule has 3 nitrogen and oxygen atoms in total. The van der Waals surface area contributed by atoms with E-state index in [1.54, 1.807) is 18.0 Å². The van der Waals surface area contributed by atoms with Gasteiger partial charge in [-0.1, -0.05) is 39.8 Å². The van der Waals surface area contributed by atoms with Gasteiger partial charge >= 0.3 is 0 Å². The van der Waals surface area contributed by atoms with E-state index in [9.17, 15) is 0 Å². The first-order valence-corrected chi connectivity index (χ1v) is 6.55. The predicted molar refractivity (Wildman–Crippen MR) is 68.3 cm³/mol. The maximum absolute atomic E-state index is 4.29. The molecule has 1 aromatic heterocycles. The van der Waals surface area contributed by atoms with E-state index in [4.69, 9.17) is 0 Å². The number of halogens is 1. The van der Waals surface area contributed by atoms with Crippen molar-refractivity contribution in [1.29, 1.82) is 0 Å². The summed E-state index contributed by atoms with van der Waals surface area (Å²) in [5.41, 5.74) is 2.14. The minimum Gasteiger partial charge on any atom is -0.225 e. The van der Waals surface area contributed by atoms with Gasteiger partial charge in [0.05, 0.1) is 11.9 Å². The molecule has 2 rings (SSSR count). The van der Waals surface area contributed by atoms with Crippen molar-refractivity contribution in [2.45, 2.75) is 17.8 Å². The number of nitrogens with zero attached hydrogens (tertiary/aromatic N) is 3. The van der Waals surface area contributed by atoms with Gasteiger partial charge in [-0.25, -0.2) is 4.98 Å². The lowest BCUT2D eigenvalue weighted by Crippen LogP contribution is -1.92. The molecule has 1 aromatic carbocycles. The van der Waals surface area contributed by atoms with Crippen molar-refractivity contribution in [2.24, 2.45) is 0 Å². The fourth-order valence-electron chi connectivity index (χ4n) is 1.20. The highest BCUT2D eigenvalue weighted by Crippen LogP contribution is 2.20. The molecule has 0 aliphatic carbocycles. The summed E-state index contributed by atoms with van der Waals surface area (Å²) in [6.07, 6.45) is 1.66. The summed E-state index contributed by atoms with van der Waals surface area (Å²) in [7, 11) is 0. The van der Waals surface area contributed by atoms with Crippen LogP contribution in [0.4, 0.5) is 0 Å². The van der Waals surface area contributed by atoms with Crippen molar-refractivity contribution in [3.8, 4) is 0 Å². The van der Waals surface area contributed by atoms with Gasteiger partial charge in [0.25, 0.3) is 0 Å². The van der Waals surface area contributed by atoms with Crippen molar-refractivity contribution in [3.63, 3.8) is 0 Å². The summed E-state index contributed by atoms with van der Waals surface area (Å²) < 4.78 is 1.09. The fraction of sp³-hybridized carbons (Fsp3) is 0.182. The molecule has 82 valence electrons. The number of hydrogen-bond donors (Lipinski definition) is 0. The van der Waals surface area contributed by atoms with Gasteiger partial charge in [0, 0.05) is 10.2 Å². The van der Waals surface area contributed by atoms with E-state index in [0.29, 0.717) is 0 Å². The number of aromatic nitrogens is 3. The molecule has 0 atom stereocenters. The Morgan fingerprint density at radius 3 is 3.00 bits per heavy atom. The topological polar surface area (TPSA) is 38.7 Å². The Hall–Kier alpha value is -0.940. The molecule has 1 heterocycles. The van der Waals surface area contributed by atoms with Gasteiger partial charge < -0.3 is 0 Å². The lowest BCUT2D eigenvalue weighted by molar-refractivity contribution is 0.816. The summed E-state index contributed by atoms with van der Waals surface area (Å²) in [5, 5.41) is 8.56. The van der Waals surface area contributed by atoms with Crippen LogP contribution in [-0.4, -0.2) is 15.2 Å². The summed E-state index contributed by atoms with van der Waals surface area (Å²) in [5.74, 6) is 0.852. The Labute approximate surface area is 107 Å². The quantitative estimate of drug-likeness (QED) is 0.815. The molecule has 0 spiro atoms. The molecule has 0 fully saturated rings. The normalized spacial score (nSPS) is 10.4. The first-order valence-electron chi connectivity index (χ1n) is 4.77. The van der Waals surface area contributed by atoms with Gasteiger partial charge in [-0.2, -0.15) is 5.10 Å². The van der Waals surface area contributed by atoms with Gasteiger partial charge in [-0.3, -0.25) is 0 Å². The third kappa shape index (κ3) is 3.28. The molecule has 0 amide bonds. The zero-order valence-corrected chi connectivity index (χ0v) is 11.1. The summed E-state index contributed by atoms with van der Waals surface area (Å²) in [6, 6.07) is 8.21. The van der Waals surface area contributed by atoms with E-state index >= 15 is 0 Å². The van der Waals surface area contributed by atoms with Crippen LogP contribution in [0.2, 0.25) is 0 Å². The molecule has 0 N–H and O–H groups in total. The Morgan fingerprint density at radius 2 is 2.25 bits per heavy atom. The number of benzene rings is 1. The van der Waals surface area contributed by atoms with Crippen LogP contribution in [0, 0.1) is 6.92 Å². The van der Waals surface area contributed by atoms with Crippen LogP contribution in [0.25, 0.3) is 0 Å². The fourth-order valence-corrected chi connectivity index (χ4v) is 2.44. The molecule has 2 aromatic rings. The average molecular weight is 296 g/mol. The Balaban J connectivity index is 2.02. The summed E-state index contributed by atoms with van der Waals surface area (Å²) in [4.78, 5) is 4.29. The van der Waals surface area contributed by atoms with Gasteiger partial charge in [0.15, 0.2) is 0 Å². The molecule has 0 radical (unpaired) electrons. The molecule has 0 aliphatic heterocycles. The molecule has 0 saturated heterocycles. The highest BCUT2D eigenvalue weighted by molar-refractivity contribution is 9.10. The van der Waals surface area contributed by atoms with Crippen LogP contribution in [0.15, 0.2) is 40.1 Å².